The van der Waals surface area contributed by atoms with Gasteiger partial charge in [0.15, 0.2) is 0 Å². The molecule has 0 aromatic heterocycles. The van der Waals surface area contributed by atoms with Gasteiger partial charge in [0.05, 0.1) is 18.5 Å². The molecular formula is C18H16FNO6S. The summed E-state index contributed by atoms with van der Waals surface area (Å²) in [6.45, 7) is -0.258. The van der Waals surface area contributed by atoms with Crippen molar-refractivity contribution in [3.05, 3.63) is 53.8 Å². The van der Waals surface area contributed by atoms with Crippen LogP contribution >= 0.6 is 0 Å². The number of nitrogens with zero attached hydrogens (tertiary/aromatic N) is 1. The van der Waals surface area contributed by atoms with Gasteiger partial charge in [-0.3, -0.25) is 13.9 Å². The third-order valence-electron chi connectivity index (χ3n) is 3.96. The van der Waals surface area contributed by atoms with Crippen LogP contribution < -0.4 is 4.90 Å². The molecule has 9 heteroatoms. The van der Waals surface area contributed by atoms with E-state index < -0.39 is 28.1 Å². The molecule has 3 rings (SSSR count). The molecule has 2 aromatic carbocycles. The Kier molecular flexibility index (Phi) is 5.24. The second kappa shape index (κ2) is 7.45. The van der Waals surface area contributed by atoms with Crippen molar-refractivity contribution in [3.8, 4) is 11.1 Å². The minimum absolute atomic E-state index is 0.0428. The van der Waals surface area contributed by atoms with Crippen molar-refractivity contribution in [3.63, 3.8) is 0 Å². The predicted octanol–water partition coefficient (Wildman–Crippen LogP) is 2.61. The van der Waals surface area contributed by atoms with Crippen LogP contribution in [-0.2, 0) is 19.0 Å². The Morgan fingerprint density at radius 1 is 1.26 bits per heavy atom. The fourth-order valence-electron chi connectivity index (χ4n) is 2.67. The molecule has 1 aliphatic rings. The summed E-state index contributed by atoms with van der Waals surface area (Å²) in [7, 11) is -3.65. The van der Waals surface area contributed by atoms with E-state index in [0.717, 1.165) is 6.26 Å². The lowest BCUT2D eigenvalue weighted by molar-refractivity contribution is 0.107. The molecule has 7 nitrogen and oxygen atoms in total. The highest BCUT2D eigenvalue weighted by atomic mass is 32.2. The molecule has 0 aliphatic carbocycles. The molecule has 0 saturated carbocycles. The standard InChI is InChI=1S/C18H16FNO6S/c1-27(23,24)25-11-15-9-20(18(22)26-15)14-6-7-16(17(19)8-14)13-4-2-12(10-21)3-5-13/h2-8,10,15H,9,11H2,1H3. The summed E-state index contributed by atoms with van der Waals surface area (Å²) in [5.41, 5.74) is 1.68. The van der Waals surface area contributed by atoms with Crippen LogP contribution in [0.4, 0.5) is 14.9 Å². The fourth-order valence-corrected chi connectivity index (χ4v) is 3.06. The summed E-state index contributed by atoms with van der Waals surface area (Å²) >= 11 is 0. The molecule has 1 heterocycles. The first kappa shape index (κ1) is 19.0. The second-order valence-electron chi connectivity index (χ2n) is 6.01. The Morgan fingerprint density at radius 2 is 1.96 bits per heavy atom. The zero-order chi connectivity index (χ0) is 19.6. The number of carbonyl (C=O) groups is 2. The Bertz CT molecular complexity index is 974. The quantitative estimate of drug-likeness (QED) is 0.554. The minimum atomic E-state index is -3.65. The van der Waals surface area contributed by atoms with Gasteiger partial charge in [-0.05, 0) is 23.8 Å². The van der Waals surface area contributed by atoms with Crippen LogP contribution in [-0.4, -0.2) is 46.3 Å². The van der Waals surface area contributed by atoms with E-state index in [1.807, 2.05) is 0 Å². The van der Waals surface area contributed by atoms with Crippen LogP contribution in [0.5, 0.6) is 0 Å². The largest absolute Gasteiger partial charge is 0.441 e. The first-order valence-corrected chi connectivity index (χ1v) is 9.76. The normalized spacial score (nSPS) is 17.0. The molecule has 1 amide bonds. The van der Waals surface area contributed by atoms with Gasteiger partial charge in [0.1, 0.15) is 24.8 Å². The number of hydrogen-bond donors (Lipinski definition) is 0. The lowest BCUT2D eigenvalue weighted by Crippen LogP contribution is -2.26. The number of rotatable bonds is 6. The molecule has 0 radical (unpaired) electrons. The molecule has 0 bridgehead atoms. The lowest BCUT2D eigenvalue weighted by Gasteiger charge is -2.14. The predicted molar refractivity (Wildman–Crippen MR) is 95.6 cm³/mol. The Hall–Kier alpha value is -2.78. The van der Waals surface area contributed by atoms with E-state index in [9.17, 15) is 22.4 Å². The van der Waals surface area contributed by atoms with Crippen molar-refractivity contribution in [1.29, 1.82) is 0 Å². The molecule has 142 valence electrons. The van der Waals surface area contributed by atoms with Crippen LogP contribution in [0.25, 0.3) is 11.1 Å². The number of halogens is 1. The topological polar surface area (TPSA) is 90.0 Å². The number of ether oxygens (including phenoxy) is 1. The van der Waals surface area contributed by atoms with E-state index in [2.05, 4.69) is 4.18 Å². The van der Waals surface area contributed by atoms with Gasteiger partial charge in [0, 0.05) is 11.1 Å². The van der Waals surface area contributed by atoms with Gasteiger partial charge < -0.3 is 4.74 Å². The molecule has 1 saturated heterocycles. The van der Waals surface area contributed by atoms with E-state index in [4.69, 9.17) is 4.74 Å². The number of amides is 1. The zero-order valence-electron chi connectivity index (χ0n) is 14.3. The van der Waals surface area contributed by atoms with Gasteiger partial charge in [-0.2, -0.15) is 8.42 Å². The Morgan fingerprint density at radius 3 is 2.56 bits per heavy atom. The number of anilines is 1. The van der Waals surface area contributed by atoms with Crippen LogP contribution in [0, 0.1) is 5.82 Å². The monoisotopic (exact) mass is 393 g/mol. The van der Waals surface area contributed by atoms with E-state index in [-0.39, 0.29) is 18.8 Å². The van der Waals surface area contributed by atoms with Crippen LogP contribution in [0.2, 0.25) is 0 Å². The van der Waals surface area contributed by atoms with Crippen LogP contribution in [0.3, 0.4) is 0 Å². The number of benzene rings is 2. The average Bonchev–Trinajstić information content (AvgIpc) is 3.00. The van der Waals surface area contributed by atoms with Gasteiger partial charge >= 0.3 is 6.09 Å². The molecule has 0 spiro atoms. The number of cyclic esters (lactones) is 1. The Labute approximate surface area is 155 Å². The van der Waals surface area contributed by atoms with Gasteiger partial charge in [0.2, 0.25) is 0 Å². The maximum atomic E-state index is 14.5. The van der Waals surface area contributed by atoms with E-state index in [1.165, 1.54) is 17.0 Å². The van der Waals surface area contributed by atoms with E-state index in [1.54, 1.807) is 30.3 Å². The summed E-state index contributed by atoms with van der Waals surface area (Å²) < 4.78 is 46.3. The highest BCUT2D eigenvalue weighted by Crippen LogP contribution is 2.29. The lowest BCUT2D eigenvalue weighted by atomic mass is 10.0. The molecule has 0 N–H and O–H groups in total. The highest BCUT2D eigenvalue weighted by Gasteiger charge is 2.33. The van der Waals surface area contributed by atoms with E-state index >= 15 is 0 Å². The van der Waals surface area contributed by atoms with E-state index in [0.29, 0.717) is 23.0 Å². The highest BCUT2D eigenvalue weighted by molar-refractivity contribution is 7.85. The Balaban J connectivity index is 1.76. The number of carbonyl (C=O) groups excluding carboxylic acids is 2. The molecule has 27 heavy (non-hydrogen) atoms. The van der Waals surface area contributed by atoms with Crippen molar-refractivity contribution in [1.82, 2.24) is 0 Å². The molecule has 1 fully saturated rings. The van der Waals surface area contributed by atoms with Gasteiger partial charge in [-0.25, -0.2) is 9.18 Å². The average molecular weight is 393 g/mol. The minimum Gasteiger partial charge on any atom is -0.441 e. The fraction of sp³-hybridized carbons (Fsp3) is 0.222. The van der Waals surface area contributed by atoms with Crippen molar-refractivity contribution >= 4 is 28.2 Å². The molecule has 1 aliphatic heterocycles. The summed E-state index contributed by atoms with van der Waals surface area (Å²) in [6.07, 6.45) is 0.120. The summed E-state index contributed by atoms with van der Waals surface area (Å²) in [4.78, 5) is 23.9. The molecule has 1 atom stereocenters. The summed E-state index contributed by atoms with van der Waals surface area (Å²) in [5.74, 6) is -0.546. The first-order chi connectivity index (χ1) is 12.8. The summed E-state index contributed by atoms with van der Waals surface area (Å²) in [5, 5.41) is 0. The van der Waals surface area contributed by atoms with Crippen molar-refractivity contribution in [2.24, 2.45) is 0 Å². The smallest absolute Gasteiger partial charge is 0.414 e. The van der Waals surface area contributed by atoms with Gasteiger partial charge in [-0.1, -0.05) is 24.3 Å². The van der Waals surface area contributed by atoms with Gasteiger partial charge in [0.25, 0.3) is 10.1 Å². The van der Waals surface area contributed by atoms with Crippen molar-refractivity contribution < 1.29 is 31.3 Å². The first-order valence-electron chi connectivity index (χ1n) is 7.94. The van der Waals surface area contributed by atoms with Crippen molar-refractivity contribution in [2.45, 2.75) is 6.10 Å². The maximum Gasteiger partial charge on any atom is 0.414 e. The second-order valence-corrected chi connectivity index (χ2v) is 7.65. The number of aldehydes is 1. The number of hydrogen-bond acceptors (Lipinski definition) is 6. The van der Waals surface area contributed by atoms with Crippen LogP contribution in [0.1, 0.15) is 10.4 Å². The molecule has 1 unspecified atom stereocenters. The van der Waals surface area contributed by atoms with Crippen molar-refractivity contribution in [2.75, 3.05) is 24.3 Å². The summed E-state index contributed by atoms with van der Waals surface area (Å²) in [6, 6.07) is 10.7. The van der Waals surface area contributed by atoms with Gasteiger partial charge in [-0.15, -0.1) is 0 Å². The van der Waals surface area contributed by atoms with Crippen LogP contribution in [0.15, 0.2) is 42.5 Å². The molecular weight excluding hydrogens is 377 g/mol. The molecule has 2 aromatic rings. The maximum absolute atomic E-state index is 14.5. The zero-order valence-corrected chi connectivity index (χ0v) is 15.1. The SMILES string of the molecule is CS(=O)(=O)OCC1CN(c2ccc(-c3ccc(C=O)cc3)c(F)c2)C(=O)O1. The third-order valence-corrected chi connectivity index (χ3v) is 4.53. The third kappa shape index (κ3) is 4.50.